The second-order valence-corrected chi connectivity index (χ2v) is 5.70. The molecule has 1 aliphatic heterocycles. The van der Waals surface area contributed by atoms with Crippen molar-refractivity contribution >= 4 is 5.91 Å². The molecule has 1 unspecified atom stereocenters. The number of hydrogen-bond donors (Lipinski definition) is 1. The standard InChI is InChI=1S/C15H20F2N2O2/c1-10(11-4-5-12(16)13(17)6-11)19(3)14(20)7-21-15(2)8-18-9-15/h4-6,10,18H,7-9H2,1-3H3. The molecule has 0 radical (unpaired) electrons. The predicted molar refractivity (Wildman–Crippen MR) is 74.8 cm³/mol. The third kappa shape index (κ3) is 3.57. The zero-order valence-electron chi connectivity index (χ0n) is 12.5. The lowest BCUT2D eigenvalue weighted by Gasteiger charge is -2.39. The van der Waals surface area contributed by atoms with Crippen LogP contribution in [0.5, 0.6) is 0 Å². The number of halogens is 2. The Balaban J connectivity index is 1.95. The molecule has 1 N–H and O–H groups in total. The molecule has 21 heavy (non-hydrogen) atoms. The third-order valence-corrected chi connectivity index (χ3v) is 3.94. The Morgan fingerprint density at radius 2 is 2.10 bits per heavy atom. The molecule has 6 heteroatoms. The average Bonchev–Trinajstić information content (AvgIpc) is 2.44. The minimum atomic E-state index is -0.912. The summed E-state index contributed by atoms with van der Waals surface area (Å²) in [5.74, 6) is -2.00. The largest absolute Gasteiger partial charge is 0.363 e. The van der Waals surface area contributed by atoms with Gasteiger partial charge >= 0.3 is 0 Å². The highest BCUT2D eigenvalue weighted by Gasteiger charge is 2.33. The van der Waals surface area contributed by atoms with Gasteiger partial charge in [-0.05, 0) is 31.5 Å². The quantitative estimate of drug-likeness (QED) is 0.902. The first-order valence-electron chi connectivity index (χ1n) is 6.88. The van der Waals surface area contributed by atoms with E-state index in [1.54, 1.807) is 14.0 Å². The maximum atomic E-state index is 13.3. The fourth-order valence-electron chi connectivity index (χ4n) is 2.13. The highest BCUT2D eigenvalue weighted by molar-refractivity contribution is 5.77. The first-order chi connectivity index (χ1) is 9.82. The van der Waals surface area contributed by atoms with Crippen LogP contribution in [0, 0.1) is 11.6 Å². The number of likely N-dealkylation sites (N-methyl/N-ethyl adjacent to an activating group) is 1. The lowest BCUT2D eigenvalue weighted by molar-refractivity contribution is -0.146. The molecule has 0 bridgehead atoms. The van der Waals surface area contributed by atoms with E-state index in [4.69, 9.17) is 4.74 Å². The molecule has 1 aromatic carbocycles. The van der Waals surface area contributed by atoms with E-state index in [1.807, 2.05) is 6.92 Å². The molecule has 1 heterocycles. The number of nitrogens with one attached hydrogen (secondary N) is 1. The van der Waals surface area contributed by atoms with E-state index in [2.05, 4.69) is 5.32 Å². The van der Waals surface area contributed by atoms with Crippen LogP contribution < -0.4 is 5.32 Å². The molecule has 0 saturated carbocycles. The zero-order chi connectivity index (χ0) is 15.6. The fraction of sp³-hybridized carbons (Fsp3) is 0.533. The van der Waals surface area contributed by atoms with Gasteiger partial charge < -0.3 is 15.0 Å². The van der Waals surface area contributed by atoms with Gasteiger partial charge in [0.25, 0.3) is 0 Å². The van der Waals surface area contributed by atoms with Crippen LogP contribution in [0.15, 0.2) is 18.2 Å². The normalized spacial score (nSPS) is 18.0. The molecule has 116 valence electrons. The fourth-order valence-corrected chi connectivity index (χ4v) is 2.13. The Bertz CT molecular complexity index is 532. The van der Waals surface area contributed by atoms with Crippen LogP contribution in [0.4, 0.5) is 8.78 Å². The summed E-state index contributed by atoms with van der Waals surface area (Å²) in [6.45, 7) is 5.13. The SMILES string of the molecule is CC(c1ccc(F)c(F)c1)N(C)C(=O)COC1(C)CNC1. The van der Waals surface area contributed by atoms with Gasteiger partial charge in [-0.25, -0.2) is 8.78 Å². The first-order valence-corrected chi connectivity index (χ1v) is 6.88. The van der Waals surface area contributed by atoms with Crippen LogP contribution >= 0.6 is 0 Å². The van der Waals surface area contributed by atoms with Gasteiger partial charge in [-0.1, -0.05) is 6.07 Å². The van der Waals surface area contributed by atoms with E-state index < -0.39 is 11.6 Å². The van der Waals surface area contributed by atoms with E-state index in [-0.39, 0.29) is 24.2 Å². The van der Waals surface area contributed by atoms with Gasteiger partial charge in [0.2, 0.25) is 5.91 Å². The van der Waals surface area contributed by atoms with Gasteiger partial charge in [0.15, 0.2) is 11.6 Å². The molecule has 0 spiro atoms. The van der Waals surface area contributed by atoms with E-state index in [9.17, 15) is 13.6 Å². The van der Waals surface area contributed by atoms with Crippen LogP contribution in [-0.4, -0.2) is 43.2 Å². The number of carbonyl (C=O) groups excluding carboxylic acids is 1. The van der Waals surface area contributed by atoms with Crippen molar-refractivity contribution in [3.63, 3.8) is 0 Å². The van der Waals surface area contributed by atoms with Crippen molar-refractivity contribution in [2.24, 2.45) is 0 Å². The molecular weight excluding hydrogens is 278 g/mol. The number of carbonyl (C=O) groups is 1. The minimum absolute atomic E-state index is 0.0251. The van der Waals surface area contributed by atoms with Crippen LogP contribution in [0.1, 0.15) is 25.5 Å². The maximum Gasteiger partial charge on any atom is 0.248 e. The molecule has 0 aliphatic carbocycles. The average molecular weight is 298 g/mol. The van der Waals surface area contributed by atoms with E-state index >= 15 is 0 Å². The van der Waals surface area contributed by atoms with E-state index in [0.717, 1.165) is 25.2 Å². The zero-order valence-corrected chi connectivity index (χ0v) is 12.5. The smallest absolute Gasteiger partial charge is 0.248 e. The minimum Gasteiger partial charge on any atom is -0.363 e. The molecule has 0 aromatic heterocycles. The summed E-state index contributed by atoms with van der Waals surface area (Å²) in [7, 11) is 1.62. The molecule has 2 rings (SSSR count). The van der Waals surface area contributed by atoms with Crippen molar-refractivity contribution in [3.8, 4) is 0 Å². The predicted octanol–water partition coefficient (Wildman–Crippen LogP) is 1.86. The van der Waals surface area contributed by atoms with Crippen molar-refractivity contribution in [1.29, 1.82) is 0 Å². The first kappa shape index (κ1) is 15.9. The number of hydrogen-bond acceptors (Lipinski definition) is 3. The summed E-state index contributed by atoms with van der Waals surface area (Å²) >= 11 is 0. The van der Waals surface area contributed by atoms with Crippen molar-refractivity contribution < 1.29 is 18.3 Å². The highest BCUT2D eigenvalue weighted by Crippen LogP contribution is 2.22. The molecule has 1 amide bonds. The van der Waals surface area contributed by atoms with Gasteiger partial charge in [-0.3, -0.25) is 4.79 Å². The van der Waals surface area contributed by atoms with Crippen molar-refractivity contribution in [1.82, 2.24) is 10.2 Å². The number of amides is 1. The van der Waals surface area contributed by atoms with Crippen LogP contribution in [0.25, 0.3) is 0 Å². The molecule has 1 saturated heterocycles. The van der Waals surface area contributed by atoms with Gasteiger partial charge in [-0.15, -0.1) is 0 Å². The molecule has 1 aliphatic rings. The molecule has 1 aromatic rings. The number of ether oxygens (including phenoxy) is 1. The van der Waals surface area contributed by atoms with Crippen LogP contribution in [-0.2, 0) is 9.53 Å². The lowest BCUT2D eigenvalue weighted by Crippen LogP contribution is -2.59. The summed E-state index contributed by atoms with van der Waals surface area (Å²) in [6, 6.07) is 3.30. The third-order valence-electron chi connectivity index (χ3n) is 3.94. The Morgan fingerprint density at radius 1 is 1.43 bits per heavy atom. The Hall–Kier alpha value is -1.53. The van der Waals surface area contributed by atoms with E-state index in [1.165, 1.54) is 11.0 Å². The maximum absolute atomic E-state index is 13.3. The number of rotatable bonds is 5. The summed E-state index contributed by atoms with van der Waals surface area (Å²) < 4.78 is 31.8. The van der Waals surface area contributed by atoms with Crippen molar-refractivity contribution in [2.75, 3.05) is 26.7 Å². The highest BCUT2D eigenvalue weighted by atomic mass is 19.2. The Labute approximate surface area is 123 Å². The molecule has 1 fully saturated rings. The van der Waals surface area contributed by atoms with Gasteiger partial charge in [-0.2, -0.15) is 0 Å². The lowest BCUT2D eigenvalue weighted by atomic mass is 10.0. The summed E-state index contributed by atoms with van der Waals surface area (Å²) in [6.07, 6.45) is 0. The second kappa shape index (κ2) is 6.07. The molecule has 4 nitrogen and oxygen atoms in total. The molecular formula is C15H20F2N2O2. The monoisotopic (exact) mass is 298 g/mol. The summed E-state index contributed by atoms with van der Waals surface area (Å²) in [5, 5.41) is 3.09. The Kier molecular flexibility index (Phi) is 4.58. The number of nitrogens with zero attached hydrogens (tertiary/aromatic N) is 1. The Morgan fingerprint density at radius 3 is 2.62 bits per heavy atom. The van der Waals surface area contributed by atoms with Crippen molar-refractivity contribution in [3.05, 3.63) is 35.4 Å². The molecule has 1 atom stereocenters. The van der Waals surface area contributed by atoms with Gasteiger partial charge in [0.05, 0.1) is 11.6 Å². The summed E-state index contributed by atoms with van der Waals surface area (Å²) in [4.78, 5) is 13.6. The van der Waals surface area contributed by atoms with Gasteiger partial charge in [0.1, 0.15) is 6.61 Å². The topological polar surface area (TPSA) is 41.6 Å². The number of benzene rings is 1. The summed E-state index contributed by atoms with van der Waals surface area (Å²) in [5.41, 5.74) is 0.253. The second-order valence-electron chi connectivity index (χ2n) is 5.70. The van der Waals surface area contributed by atoms with Crippen LogP contribution in [0.2, 0.25) is 0 Å². The van der Waals surface area contributed by atoms with Crippen LogP contribution in [0.3, 0.4) is 0 Å². The van der Waals surface area contributed by atoms with Crippen molar-refractivity contribution in [2.45, 2.75) is 25.5 Å². The van der Waals surface area contributed by atoms with E-state index in [0.29, 0.717) is 5.56 Å². The van der Waals surface area contributed by atoms with Gasteiger partial charge in [0, 0.05) is 20.1 Å².